The smallest absolute Gasteiger partial charge is 0.174 e. The average molecular weight is 194 g/mol. The first-order valence-corrected chi connectivity index (χ1v) is 4.31. The van der Waals surface area contributed by atoms with Crippen LogP contribution in [0.15, 0.2) is 18.2 Å². The molecule has 0 aliphatic rings. The van der Waals surface area contributed by atoms with Crippen molar-refractivity contribution >= 4 is 5.69 Å². The highest BCUT2D eigenvalue weighted by Crippen LogP contribution is 2.24. The molecular weight excluding hydrogens is 183 g/mol. The maximum atomic E-state index is 12.8. The van der Waals surface area contributed by atoms with Gasteiger partial charge in [0.2, 0.25) is 0 Å². The number of nitrogens with zero attached hydrogens (tertiary/aromatic N) is 1. The molecule has 0 aromatic heterocycles. The Bertz CT molecular complexity index is 346. The first kappa shape index (κ1) is 10.3. The van der Waals surface area contributed by atoms with Crippen LogP contribution in [0.2, 0.25) is 0 Å². The molecule has 0 amide bonds. The highest BCUT2D eigenvalue weighted by molar-refractivity contribution is 5.56. The number of halogens is 1. The van der Waals surface area contributed by atoms with Gasteiger partial charge in [0.05, 0.1) is 5.69 Å². The van der Waals surface area contributed by atoms with E-state index in [1.165, 1.54) is 12.1 Å². The summed E-state index contributed by atoms with van der Waals surface area (Å²) >= 11 is 0. The number of anilines is 1. The van der Waals surface area contributed by atoms with Gasteiger partial charge in [0.15, 0.2) is 6.61 Å². The molecule has 3 nitrogen and oxygen atoms in total. The van der Waals surface area contributed by atoms with E-state index in [9.17, 15) is 4.39 Å². The minimum atomic E-state index is -0.375. The Morgan fingerprint density at radius 1 is 1.57 bits per heavy atom. The van der Waals surface area contributed by atoms with Crippen molar-refractivity contribution in [3.8, 4) is 11.8 Å². The molecule has 1 aromatic carbocycles. The number of nitriles is 1. The van der Waals surface area contributed by atoms with Crippen LogP contribution in [0.1, 0.15) is 6.92 Å². The van der Waals surface area contributed by atoms with Crippen molar-refractivity contribution in [1.82, 2.24) is 0 Å². The fraction of sp³-hybridized carbons (Fsp3) is 0.300. The average Bonchev–Trinajstić information content (AvgIpc) is 2.18. The van der Waals surface area contributed by atoms with Crippen molar-refractivity contribution in [3.63, 3.8) is 0 Å². The molecule has 0 spiro atoms. The summed E-state index contributed by atoms with van der Waals surface area (Å²) in [5, 5.41) is 11.3. The molecule has 1 aromatic rings. The molecular formula is C10H11FN2O. The number of nitrogens with one attached hydrogen (secondary N) is 1. The maximum absolute atomic E-state index is 12.8. The molecule has 0 aliphatic carbocycles. The molecule has 0 fully saturated rings. The van der Waals surface area contributed by atoms with E-state index >= 15 is 0 Å². The second-order valence-corrected chi connectivity index (χ2v) is 2.62. The van der Waals surface area contributed by atoms with Gasteiger partial charge in [-0.15, -0.1) is 0 Å². The van der Waals surface area contributed by atoms with Gasteiger partial charge in [-0.2, -0.15) is 5.26 Å². The van der Waals surface area contributed by atoms with Gasteiger partial charge in [0.25, 0.3) is 0 Å². The molecule has 0 radical (unpaired) electrons. The number of rotatable bonds is 4. The minimum absolute atomic E-state index is 0.0815. The molecule has 1 N–H and O–H groups in total. The zero-order valence-corrected chi connectivity index (χ0v) is 7.88. The highest BCUT2D eigenvalue weighted by Gasteiger charge is 2.03. The third-order valence-corrected chi connectivity index (χ3v) is 1.60. The summed E-state index contributed by atoms with van der Waals surface area (Å²) in [5.74, 6) is -0.00649. The lowest BCUT2D eigenvalue weighted by atomic mass is 10.3. The fourth-order valence-electron chi connectivity index (χ4n) is 1.06. The third kappa shape index (κ3) is 2.63. The van der Waals surface area contributed by atoms with E-state index in [4.69, 9.17) is 10.00 Å². The van der Waals surface area contributed by atoms with Crippen molar-refractivity contribution in [2.24, 2.45) is 0 Å². The van der Waals surface area contributed by atoms with Gasteiger partial charge in [0, 0.05) is 12.6 Å². The lowest BCUT2D eigenvalue weighted by Crippen LogP contribution is -2.02. The van der Waals surface area contributed by atoms with Gasteiger partial charge in [0.1, 0.15) is 17.6 Å². The SMILES string of the molecule is CCNc1ccc(F)cc1OCC#N. The summed E-state index contributed by atoms with van der Waals surface area (Å²) < 4.78 is 17.9. The zero-order valence-electron chi connectivity index (χ0n) is 7.88. The van der Waals surface area contributed by atoms with Gasteiger partial charge in [-0.3, -0.25) is 0 Å². The Labute approximate surface area is 82.1 Å². The van der Waals surface area contributed by atoms with Crippen molar-refractivity contribution < 1.29 is 9.13 Å². The second kappa shape index (κ2) is 5.07. The van der Waals surface area contributed by atoms with Crippen LogP contribution in [-0.2, 0) is 0 Å². The minimum Gasteiger partial charge on any atom is -0.476 e. The van der Waals surface area contributed by atoms with Crippen LogP contribution in [0.3, 0.4) is 0 Å². The van der Waals surface area contributed by atoms with Crippen molar-refractivity contribution in [1.29, 1.82) is 5.26 Å². The van der Waals surface area contributed by atoms with Gasteiger partial charge in [-0.25, -0.2) is 4.39 Å². The van der Waals surface area contributed by atoms with Gasteiger partial charge in [-0.1, -0.05) is 0 Å². The molecule has 0 unspecified atom stereocenters. The highest BCUT2D eigenvalue weighted by atomic mass is 19.1. The van der Waals surface area contributed by atoms with Gasteiger partial charge >= 0.3 is 0 Å². The molecule has 0 saturated carbocycles. The number of hydrogen-bond acceptors (Lipinski definition) is 3. The molecule has 0 heterocycles. The van der Waals surface area contributed by atoms with Crippen LogP contribution >= 0.6 is 0 Å². The third-order valence-electron chi connectivity index (χ3n) is 1.60. The molecule has 1 rings (SSSR count). The van der Waals surface area contributed by atoms with Gasteiger partial charge in [-0.05, 0) is 19.1 Å². The summed E-state index contributed by atoms with van der Waals surface area (Å²) in [5.41, 5.74) is 0.698. The molecule has 0 saturated heterocycles. The van der Waals surface area contributed by atoms with Crippen LogP contribution in [0.25, 0.3) is 0 Å². The van der Waals surface area contributed by atoms with E-state index in [-0.39, 0.29) is 12.4 Å². The van der Waals surface area contributed by atoms with Crippen LogP contribution in [-0.4, -0.2) is 13.2 Å². The summed E-state index contributed by atoms with van der Waals surface area (Å²) in [7, 11) is 0. The van der Waals surface area contributed by atoms with Crippen molar-refractivity contribution in [3.05, 3.63) is 24.0 Å². The molecule has 14 heavy (non-hydrogen) atoms. The topological polar surface area (TPSA) is 45.0 Å². The summed E-state index contributed by atoms with van der Waals surface area (Å²) in [6, 6.07) is 6.03. The quantitative estimate of drug-likeness (QED) is 0.798. The fourth-order valence-corrected chi connectivity index (χ4v) is 1.06. The second-order valence-electron chi connectivity index (χ2n) is 2.62. The normalized spacial score (nSPS) is 9.21. The summed E-state index contributed by atoms with van der Waals surface area (Å²) in [6.07, 6.45) is 0. The maximum Gasteiger partial charge on any atom is 0.174 e. The lowest BCUT2D eigenvalue weighted by molar-refractivity contribution is 0.367. The standard InChI is InChI=1S/C10H11FN2O/c1-2-13-9-4-3-8(11)7-10(9)14-6-5-12/h3-4,7,13H,2,6H2,1H3. The van der Waals surface area contributed by atoms with Crippen LogP contribution in [0, 0.1) is 17.1 Å². The Hall–Kier alpha value is -1.76. The van der Waals surface area contributed by atoms with Crippen molar-refractivity contribution in [2.75, 3.05) is 18.5 Å². The monoisotopic (exact) mass is 194 g/mol. The number of ether oxygens (including phenoxy) is 1. The Kier molecular flexibility index (Phi) is 3.74. The Balaban J connectivity index is 2.86. The summed E-state index contributed by atoms with van der Waals surface area (Å²) in [4.78, 5) is 0. The van der Waals surface area contributed by atoms with Crippen LogP contribution in [0.5, 0.6) is 5.75 Å². The number of benzene rings is 1. The van der Waals surface area contributed by atoms with Crippen molar-refractivity contribution in [2.45, 2.75) is 6.92 Å². The zero-order chi connectivity index (χ0) is 10.4. The van der Waals surface area contributed by atoms with E-state index in [0.29, 0.717) is 18.0 Å². The molecule has 4 heteroatoms. The van der Waals surface area contributed by atoms with E-state index in [0.717, 1.165) is 0 Å². The molecule has 74 valence electrons. The molecule has 0 bridgehead atoms. The van der Waals surface area contributed by atoms with E-state index in [1.807, 2.05) is 13.0 Å². The van der Waals surface area contributed by atoms with E-state index in [1.54, 1.807) is 6.07 Å². The predicted octanol–water partition coefficient (Wildman–Crippen LogP) is 2.16. The largest absolute Gasteiger partial charge is 0.476 e. The van der Waals surface area contributed by atoms with E-state index in [2.05, 4.69) is 5.32 Å². The first-order valence-electron chi connectivity index (χ1n) is 4.31. The number of hydrogen-bond donors (Lipinski definition) is 1. The Morgan fingerprint density at radius 2 is 2.36 bits per heavy atom. The van der Waals surface area contributed by atoms with E-state index < -0.39 is 0 Å². The molecule has 0 atom stereocenters. The summed E-state index contributed by atoms with van der Waals surface area (Å²) in [6.45, 7) is 2.56. The first-order chi connectivity index (χ1) is 6.77. The molecule has 0 aliphatic heterocycles. The Morgan fingerprint density at radius 3 is 3.00 bits per heavy atom. The lowest BCUT2D eigenvalue weighted by Gasteiger charge is -2.09. The predicted molar refractivity (Wildman–Crippen MR) is 51.7 cm³/mol. The van der Waals surface area contributed by atoms with Crippen LogP contribution < -0.4 is 10.1 Å². The van der Waals surface area contributed by atoms with Crippen LogP contribution in [0.4, 0.5) is 10.1 Å². The van der Waals surface area contributed by atoms with Gasteiger partial charge < -0.3 is 10.1 Å².